The second kappa shape index (κ2) is 26.5. The van der Waals surface area contributed by atoms with Crippen LogP contribution in [0.15, 0.2) is 83.8 Å². The van der Waals surface area contributed by atoms with E-state index >= 15 is 0 Å². The molecule has 5 rings (SSSR count). The van der Waals surface area contributed by atoms with Gasteiger partial charge in [0.1, 0.15) is 27.5 Å². The van der Waals surface area contributed by atoms with Crippen LogP contribution in [0.4, 0.5) is 47.2 Å². The van der Waals surface area contributed by atoms with Gasteiger partial charge in [-0.15, -0.1) is 0 Å². The van der Waals surface area contributed by atoms with E-state index in [1.807, 2.05) is 0 Å². The summed E-state index contributed by atoms with van der Waals surface area (Å²) in [5.74, 6) is -7.89. The summed E-state index contributed by atoms with van der Waals surface area (Å²) in [6.45, 7) is -5.99. The number of carboxylic acids is 2. The van der Waals surface area contributed by atoms with Crippen molar-refractivity contribution in [3.63, 3.8) is 0 Å². The zero-order valence-electron chi connectivity index (χ0n) is 36.1. The number of nitro benzene ring substituents is 1. The number of carboxylic acid groups (broad SMARTS) is 2. The molecule has 0 spiro atoms. The van der Waals surface area contributed by atoms with Crippen LogP contribution in [0.3, 0.4) is 0 Å². The molecule has 0 saturated heterocycles. The minimum absolute atomic E-state index is 0.0493. The zero-order valence-corrected chi connectivity index (χ0v) is 39.2. The largest absolute Gasteiger partial charge is 0.494 e. The summed E-state index contributed by atoms with van der Waals surface area (Å²) in [4.78, 5) is 73.3. The van der Waals surface area contributed by atoms with Gasteiger partial charge < -0.3 is 38.6 Å². The maximum absolute atomic E-state index is 12.7. The van der Waals surface area contributed by atoms with Crippen molar-refractivity contribution in [3.05, 3.63) is 126 Å². The normalized spacial score (nSPS) is 10.9. The molecule has 2 amide bonds. The van der Waals surface area contributed by atoms with E-state index in [1.165, 1.54) is 43.0 Å². The van der Waals surface area contributed by atoms with Gasteiger partial charge in [-0.1, -0.05) is 46.9 Å². The van der Waals surface area contributed by atoms with E-state index in [-0.39, 0.29) is 44.5 Å². The number of alkyl halides is 7. The number of amides is 2. The third-order valence-electron chi connectivity index (χ3n) is 7.93. The van der Waals surface area contributed by atoms with Gasteiger partial charge in [0.15, 0.2) is 12.4 Å². The fourth-order valence-electron chi connectivity index (χ4n) is 5.07. The Morgan fingerprint density at radius 2 is 1.40 bits per heavy atom. The number of nitro groups is 1. The number of carbonyl (C=O) groups is 5. The fourth-order valence-corrected chi connectivity index (χ4v) is 6.86. The molecule has 73 heavy (non-hydrogen) atoms. The number of sulfonamides is 1. The predicted molar refractivity (Wildman–Crippen MR) is 235 cm³/mol. The quantitative estimate of drug-likeness (QED) is 0.0291. The van der Waals surface area contributed by atoms with E-state index in [4.69, 9.17) is 59.2 Å². The molecule has 0 radical (unpaired) electrons. The molecule has 4 aromatic carbocycles. The average Bonchev–Trinajstić information content (AvgIpc) is 3.28. The Balaban J connectivity index is 0.000000311. The number of methoxy groups -OCH3 is 1. The molecule has 0 saturated carbocycles. The molecule has 0 aliphatic carbocycles. The topological polar surface area (TPSA) is 308 Å². The Morgan fingerprint density at radius 3 is 1.90 bits per heavy atom. The molecule has 1 aromatic heterocycles. The van der Waals surface area contributed by atoms with Crippen LogP contribution in [-0.4, -0.2) is 97.0 Å². The van der Waals surface area contributed by atoms with Crippen molar-refractivity contribution >= 4 is 86.4 Å². The first kappa shape index (κ1) is 59.3. The van der Waals surface area contributed by atoms with Crippen LogP contribution in [0.2, 0.25) is 15.1 Å². The predicted octanol–water partition coefficient (Wildman–Crippen LogP) is 9.37. The van der Waals surface area contributed by atoms with Gasteiger partial charge in [0, 0.05) is 12.1 Å². The molecule has 1 heterocycles. The second-order valence-corrected chi connectivity index (χ2v) is 15.7. The van der Waals surface area contributed by atoms with Gasteiger partial charge in [0.2, 0.25) is 17.7 Å². The first-order chi connectivity index (χ1) is 34.1. The van der Waals surface area contributed by atoms with Gasteiger partial charge in [-0.2, -0.15) is 40.7 Å². The zero-order chi connectivity index (χ0) is 55.0. The average molecular weight is 1120 g/mol. The van der Waals surface area contributed by atoms with E-state index < -0.39 is 116 Å². The van der Waals surface area contributed by atoms with Crippen molar-refractivity contribution < 1.29 is 107 Å². The molecule has 22 nitrogen and oxygen atoms in total. The highest BCUT2D eigenvalue weighted by Crippen LogP contribution is 2.38. The number of carbonyl (C=O) groups excluding carboxylic acids is 3. The van der Waals surface area contributed by atoms with Gasteiger partial charge >= 0.3 is 49.3 Å². The summed E-state index contributed by atoms with van der Waals surface area (Å²) in [5, 5.41) is 30.6. The lowest BCUT2D eigenvalue weighted by atomic mass is 10.1. The van der Waals surface area contributed by atoms with Gasteiger partial charge in [0.25, 0.3) is 15.7 Å². The molecule has 0 bridgehead atoms. The summed E-state index contributed by atoms with van der Waals surface area (Å²) in [6.07, 6.45) is -4.61. The van der Waals surface area contributed by atoms with Crippen LogP contribution in [0.5, 0.6) is 29.0 Å². The Bertz CT molecular complexity index is 2950. The van der Waals surface area contributed by atoms with Gasteiger partial charge in [-0.05, 0) is 55.5 Å². The first-order valence-corrected chi connectivity index (χ1v) is 21.6. The third kappa shape index (κ3) is 18.0. The number of rotatable bonds is 17. The Labute approximate surface area is 418 Å². The van der Waals surface area contributed by atoms with E-state index in [0.717, 1.165) is 42.5 Å². The monoisotopic (exact) mass is 1120 g/mol. The highest BCUT2D eigenvalue weighted by atomic mass is 35.5. The summed E-state index contributed by atoms with van der Waals surface area (Å²) in [5.41, 5.74) is -2.92. The van der Waals surface area contributed by atoms with Crippen molar-refractivity contribution in [2.75, 3.05) is 25.6 Å². The smallest absolute Gasteiger partial charge is 0.416 e. The van der Waals surface area contributed by atoms with Crippen LogP contribution < -0.4 is 29.0 Å². The molecular weight excluding hydrogens is 1090 g/mol. The van der Waals surface area contributed by atoms with Crippen LogP contribution in [-0.2, 0) is 30.5 Å². The molecule has 0 unspecified atom stereocenters. The number of halogens is 10. The van der Waals surface area contributed by atoms with Gasteiger partial charge in [0.05, 0.1) is 50.9 Å². The molecule has 0 aliphatic rings. The molecule has 4 N–H and O–H groups in total. The molecule has 33 heteroatoms. The van der Waals surface area contributed by atoms with Crippen molar-refractivity contribution in [2.24, 2.45) is 0 Å². The number of ether oxygens (including phenoxy) is 6. The molecule has 5 aromatic rings. The Kier molecular flexibility index (Phi) is 21.5. The van der Waals surface area contributed by atoms with Gasteiger partial charge in [-0.25, -0.2) is 37.1 Å². The minimum atomic E-state index is -4.71. The van der Waals surface area contributed by atoms with Crippen molar-refractivity contribution in [1.82, 2.24) is 14.7 Å². The standard InChI is InChI=1S/C18H13ClF3NO7.C14H10F4N4O7S.C8H6Cl2O3/c1-2-28-16(24)9-29-17(25)12-8-11(4-5-14(12)23(26)27)30-15-6-3-10(7-13(15)19)18(20,21)22;15-11(16)28-8-5-9(29-12(17)18)20-13(19-8)21-14(25)22-30(26,27)7-4-2-1-3-6(7)10(23)24;1-13-7-5(10)3-2-4(9)6(7)8(11)12/h3-8H,2,9H2,1H3;1-5,11-12H,(H,23,24)(H2,19,20,21,22,25);2-3H,1H3,(H,11,12). The molecule has 392 valence electrons. The van der Waals surface area contributed by atoms with E-state index in [1.54, 1.807) is 5.32 Å². The number of benzene rings is 4. The lowest BCUT2D eigenvalue weighted by Crippen LogP contribution is -2.35. The van der Waals surface area contributed by atoms with Crippen molar-refractivity contribution in [1.29, 1.82) is 0 Å². The summed E-state index contributed by atoms with van der Waals surface area (Å²) in [6, 6.07) is 11.5. The van der Waals surface area contributed by atoms with E-state index in [0.29, 0.717) is 12.1 Å². The number of esters is 2. The minimum Gasteiger partial charge on any atom is -0.494 e. The van der Waals surface area contributed by atoms with E-state index in [9.17, 15) is 73.2 Å². The number of nitrogens with one attached hydrogen (secondary N) is 2. The first-order valence-electron chi connectivity index (χ1n) is 18.9. The number of aromatic carboxylic acids is 2. The number of hydrogen-bond donors (Lipinski definition) is 4. The lowest BCUT2D eigenvalue weighted by molar-refractivity contribution is -0.385. The van der Waals surface area contributed by atoms with Gasteiger partial charge in [-0.3, -0.25) is 15.4 Å². The number of nitrogens with zero attached hydrogens (tertiary/aromatic N) is 3. The number of anilines is 1. The maximum Gasteiger partial charge on any atom is 0.416 e. The summed E-state index contributed by atoms with van der Waals surface area (Å²) in [7, 11) is -3.38. The SMILES string of the molecule is CCOC(=O)COC(=O)c1cc(Oc2ccc(C(F)(F)F)cc2Cl)ccc1[N+](=O)[O-].COc1c(Cl)ccc(Cl)c1C(=O)O.O=C(Nc1nc(OC(F)F)cc(OC(F)F)n1)NS(=O)(=O)c1ccccc1C(=O)O. The second-order valence-electron chi connectivity index (χ2n) is 12.8. The van der Waals surface area contributed by atoms with E-state index in [2.05, 4.69) is 24.2 Å². The molecular formula is C40H29Cl3F7N5O17S. The fraction of sp³-hybridized carbons (Fsp3) is 0.175. The summed E-state index contributed by atoms with van der Waals surface area (Å²) >= 11 is 17.2. The van der Waals surface area contributed by atoms with Crippen LogP contribution in [0.1, 0.15) is 43.6 Å². The lowest BCUT2D eigenvalue weighted by Gasteiger charge is -2.12. The Hall–Kier alpha value is -7.96. The Morgan fingerprint density at radius 1 is 0.795 bits per heavy atom. The highest BCUT2D eigenvalue weighted by Gasteiger charge is 2.32. The number of aromatic nitrogens is 2. The molecule has 0 aliphatic heterocycles. The van der Waals surface area contributed by atoms with Crippen LogP contribution in [0, 0.1) is 10.1 Å². The van der Waals surface area contributed by atoms with Crippen LogP contribution in [0.25, 0.3) is 0 Å². The maximum atomic E-state index is 12.7. The molecule has 0 atom stereocenters. The molecule has 0 fully saturated rings. The van der Waals surface area contributed by atoms with Crippen LogP contribution >= 0.6 is 34.8 Å². The highest BCUT2D eigenvalue weighted by molar-refractivity contribution is 7.90. The van der Waals surface area contributed by atoms with Crippen molar-refractivity contribution in [3.8, 4) is 29.0 Å². The number of urea groups is 1. The summed E-state index contributed by atoms with van der Waals surface area (Å²) < 4.78 is 141. The third-order valence-corrected chi connectivity index (χ3v) is 10.2. The van der Waals surface area contributed by atoms with Crippen molar-refractivity contribution in [2.45, 2.75) is 31.2 Å². The number of hydrogen-bond acceptors (Lipinski definition) is 17.